The van der Waals surface area contributed by atoms with E-state index in [-0.39, 0.29) is 5.91 Å². The number of aromatic nitrogens is 1. The van der Waals surface area contributed by atoms with E-state index in [1.54, 1.807) is 18.5 Å². The maximum absolute atomic E-state index is 12.4. The van der Waals surface area contributed by atoms with E-state index in [1.165, 1.54) is 6.42 Å². The van der Waals surface area contributed by atoms with Gasteiger partial charge in [0.2, 0.25) is 0 Å². The molecule has 0 aromatic carbocycles. The van der Waals surface area contributed by atoms with Gasteiger partial charge >= 0.3 is 0 Å². The lowest BCUT2D eigenvalue weighted by Crippen LogP contribution is -2.33. The number of pyridine rings is 1. The van der Waals surface area contributed by atoms with Gasteiger partial charge in [0.05, 0.1) is 18.4 Å². The molecule has 0 aliphatic carbocycles. The molecule has 0 atom stereocenters. The minimum atomic E-state index is -0.111. The molecule has 1 fully saturated rings. The molecule has 1 saturated heterocycles. The van der Waals surface area contributed by atoms with Gasteiger partial charge in [0, 0.05) is 19.3 Å². The Hall–Kier alpha value is -2.30. The number of rotatable bonds is 4. The van der Waals surface area contributed by atoms with E-state index in [0.717, 1.165) is 37.5 Å². The third-order valence-electron chi connectivity index (χ3n) is 3.69. The highest BCUT2D eigenvalue weighted by Crippen LogP contribution is 2.21. The number of piperidine rings is 1. The highest BCUT2D eigenvalue weighted by molar-refractivity contribution is 5.98. The minimum absolute atomic E-state index is 0.111. The van der Waals surface area contributed by atoms with Crippen molar-refractivity contribution < 1.29 is 9.21 Å². The highest BCUT2D eigenvalue weighted by atomic mass is 16.3. The molecule has 21 heavy (non-hydrogen) atoms. The van der Waals surface area contributed by atoms with Crippen LogP contribution in [0.1, 0.15) is 35.4 Å². The minimum Gasteiger partial charge on any atom is -0.467 e. The van der Waals surface area contributed by atoms with Crippen molar-refractivity contribution in [2.75, 3.05) is 18.0 Å². The van der Waals surface area contributed by atoms with E-state index in [4.69, 9.17) is 4.42 Å². The third-order valence-corrected chi connectivity index (χ3v) is 3.69. The number of hydrogen-bond acceptors (Lipinski definition) is 4. The van der Waals surface area contributed by atoms with E-state index in [0.29, 0.717) is 12.1 Å². The molecule has 5 nitrogen and oxygen atoms in total. The number of amides is 1. The fraction of sp³-hybridized carbons (Fsp3) is 0.375. The molecule has 0 saturated carbocycles. The van der Waals surface area contributed by atoms with Crippen LogP contribution in [0.2, 0.25) is 0 Å². The Morgan fingerprint density at radius 3 is 2.86 bits per heavy atom. The maximum Gasteiger partial charge on any atom is 0.255 e. The fourth-order valence-corrected chi connectivity index (χ4v) is 2.61. The summed E-state index contributed by atoms with van der Waals surface area (Å²) in [6, 6.07) is 7.28. The topological polar surface area (TPSA) is 58.4 Å². The van der Waals surface area contributed by atoms with Crippen molar-refractivity contribution in [2.45, 2.75) is 25.8 Å². The van der Waals surface area contributed by atoms with E-state index < -0.39 is 0 Å². The average Bonchev–Trinajstić information content (AvgIpc) is 3.07. The number of nitrogens with zero attached hydrogens (tertiary/aromatic N) is 2. The predicted molar refractivity (Wildman–Crippen MR) is 80.2 cm³/mol. The van der Waals surface area contributed by atoms with E-state index in [1.807, 2.05) is 18.2 Å². The number of carbonyl (C=O) groups is 1. The van der Waals surface area contributed by atoms with Crippen LogP contribution in [0.4, 0.5) is 5.82 Å². The van der Waals surface area contributed by atoms with Gasteiger partial charge in [0.1, 0.15) is 11.6 Å². The lowest BCUT2D eigenvalue weighted by Gasteiger charge is -2.29. The fourth-order valence-electron chi connectivity index (χ4n) is 2.61. The summed E-state index contributed by atoms with van der Waals surface area (Å²) in [6.45, 7) is 2.32. The second-order valence-corrected chi connectivity index (χ2v) is 5.18. The van der Waals surface area contributed by atoms with Crippen LogP contribution in [0.25, 0.3) is 0 Å². The molecule has 0 radical (unpaired) electrons. The van der Waals surface area contributed by atoms with Gasteiger partial charge in [0.15, 0.2) is 0 Å². The van der Waals surface area contributed by atoms with Crippen molar-refractivity contribution in [1.29, 1.82) is 0 Å². The van der Waals surface area contributed by atoms with E-state index in [9.17, 15) is 4.79 Å². The molecular weight excluding hydrogens is 266 g/mol. The lowest BCUT2D eigenvalue weighted by atomic mass is 10.1. The quantitative estimate of drug-likeness (QED) is 0.938. The Balaban J connectivity index is 1.73. The van der Waals surface area contributed by atoms with Crippen molar-refractivity contribution in [3.63, 3.8) is 0 Å². The Bertz CT molecular complexity index is 589. The van der Waals surface area contributed by atoms with Crippen molar-refractivity contribution in [2.24, 2.45) is 0 Å². The number of hydrogen-bond donors (Lipinski definition) is 1. The SMILES string of the molecule is O=C(NCc1ccco1)c1cccnc1N1CCCCC1. The molecule has 2 aromatic heterocycles. The zero-order valence-electron chi connectivity index (χ0n) is 11.9. The van der Waals surface area contributed by atoms with Gasteiger partial charge in [0.25, 0.3) is 5.91 Å². The first-order valence-electron chi connectivity index (χ1n) is 7.35. The first-order chi connectivity index (χ1) is 10.3. The van der Waals surface area contributed by atoms with Gasteiger partial charge in [-0.2, -0.15) is 0 Å². The Labute approximate surface area is 124 Å². The van der Waals surface area contributed by atoms with Crippen molar-refractivity contribution in [3.05, 3.63) is 48.0 Å². The Morgan fingerprint density at radius 1 is 1.24 bits per heavy atom. The molecule has 0 unspecified atom stereocenters. The van der Waals surface area contributed by atoms with Crippen molar-refractivity contribution >= 4 is 11.7 Å². The number of nitrogens with one attached hydrogen (secondary N) is 1. The van der Waals surface area contributed by atoms with E-state index >= 15 is 0 Å². The largest absolute Gasteiger partial charge is 0.467 e. The van der Waals surface area contributed by atoms with Crippen LogP contribution in [0.15, 0.2) is 41.1 Å². The molecule has 2 aromatic rings. The summed E-state index contributed by atoms with van der Waals surface area (Å²) in [5.41, 5.74) is 0.631. The summed E-state index contributed by atoms with van der Waals surface area (Å²) < 4.78 is 5.23. The number of furan rings is 1. The highest BCUT2D eigenvalue weighted by Gasteiger charge is 2.19. The van der Waals surface area contributed by atoms with Crippen LogP contribution in [-0.2, 0) is 6.54 Å². The van der Waals surface area contributed by atoms with Crippen molar-refractivity contribution in [1.82, 2.24) is 10.3 Å². The monoisotopic (exact) mass is 285 g/mol. The van der Waals surface area contributed by atoms with Gasteiger partial charge in [-0.15, -0.1) is 0 Å². The van der Waals surface area contributed by atoms with Crippen LogP contribution in [0.3, 0.4) is 0 Å². The van der Waals surface area contributed by atoms with Crippen LogP contribution in [-0.4, -0.2) is 24.0 Å². The van der Waals surface area contributed by atoms with Gasteiger partial charge in [-0.25, -0.2) is 4.98 Å². The summed E-state index contributed by atoms with van der Waals surface area (Å²) in [4.78, 5) is 19.0. The van der Waals surface area contributed by atoms with Crippen molar-refractivity contribution in [3.8, 4) is 0 Å². The number of carbonyl (C=O) groups excluding carboxylic acids is 1. The lowest BCUT2D eigenvalue weighted by molar-refractivity contribution is 0.0948. The zero-order valence-corrected chi connectivity index (χ0v) is 11.9. The molecular formula is C16H19N3O2. The molecule has 0 bridgehead atoms. The zero-order chi connectivity index (χ0) is 14.5. The average molecular weight is 285 g/mol. The molecule has 1 N–H and O–H groups in total. The Kier molecular flexibility index (Phi) is 4.19. The smallest absolute Gasteiger partial charge is 0.255 e. The van der Waals surface area contributed by atoms with Gasteiger partial charge in [-0.3, -0.25) is 4.79 Å². The summed E-state index contributed by atoms with van der Waals surface area (Å²) in [5.74, 6) is 1.42. The number of anilines is 1. The molecule has 1 aliphatic heterocycles. The predicted octanol–water partition coefficient (Wildman–Crippen LogP) is 2.59. The molecule has 1 amide bonds. The molecule has 5 heteroatoms. The molecule has 1 aliphatic rings. The maximum atomic E-state index is 12.4. The molecule has 3 rings (SSSR count). The van der Waals surface area contributed by atoms with Crippen LogP contribution < -0.4 is 10.2 Å². The van der Waals surface area contributed by atoms with Gasteiger partial charge in [-0.05, 0) is 43.5 Å². The summed E-state index contributed by atoms with van der Waals surface area (Å²) in [7, 11) is 0. The third kappa shape index (κ3) is 3.24. The molecule has 0 spiro atoms. The standard InChI is InChI=1S/C16H19N3O2/c20-16(18-12-13-6-5-11-21-13)14-7-4-8-17-15(14)19-9-2-1-3-10-19/h4-8,11H,1-3,9-10,12H2,(H,18,20). The van der Waals surface area contributed by atoms with Gasteiger partial charge < -0.3 is 14.6 Å². The van der Waals surface area contributed by atoms with Crippen LogP contribution >= 0.6 is 0 Å². The molecule has 110 valence electrons. The summed E-state index contributed by atoms with van der Waals surface area (Å²) in [6.07, 6.45) is 6.91. The summed E-state index contributed by atoms with van der Waals surface area (Å²) in [5, 5.41) is 2.88. The second-order valence-electron chi connectivity index (χ2n) is 5.18. The van der Waals surface area contributed by atoms with E-state index in [2.05, 4.69) is 15.2 Å². The summed E-state index contributed by atoms with van der Waals surface area (Å²) >= 11 is 0. The normalized spacial score (nSPS) is 15.0. The Morgan fingerprint density at radius 2 is 2.10 bits per heavy atom. The first-order valence-corrected chi connectivity index (χ1v) is 7.35. The van der Waals surface area contributed by atoms with Crippen LogP contribution in [0, 0.1) is 0 Å². The second kappa shape index (κ2) is 6.43. The first kappa shape index (κ1) is 13.7. The molecule has 3 heterocycles. The van der Waals surface area contributed by atoms with Crippen LogP contribution in [0.5, 0.6) is 0 Å². The van der Waals surface area contributed by atoms with Gasteiger partial charge in [-0.1, -0.05) is 0 Å².